The average molecular weight is 306 g/mol. The second-order valence-corrected chi connectivity index (χ2v) is 5.86. The minimum absolute atomic E-state index is 0.219. The number of hydrogen-bond acceptors (Lipinski definition) is 4. The largest absolute Gasteiger partial charge is 0.444 e. The maximum absolute atomic E-state index is 11.7. The van der Waals surface area contributed by atoms with Crippen LogP contribution in [-0.2, 0) is 11.3 Å². The first-order chi connectivity index (χ1) is 9.87. The van der Waals surface area contributed by atoms with Crippen molar-refractivity contribution in [2.24, 2.45) is 0 Å². The minimum Gasteiger partial charge on any atom is -0.444 e. The monoisotopic (exact) mass is 306 g/mol. The summed E-state index contributed by atoms with van der Waals surface area (Å²) in [5.74, 6) is 0.608. The van der Waals surface area contributed by atoms with Gasteiger partial charge in [0, 0.05) is 5.69 Å². The maximum atomic E-state index is 11.7. The van der Waals surface area contributed by atoms with Gasteiger partial charge in [0.15, 0.2) is 10.6 Å². The van der Waals surface area contributed by atoms with Crippen molar-refractivity contribution in [3.63, 3.8) is 0 Å². The van der Waals surface area contributed by atoms with Gasteiger partial charge >= 0.3 is 6.09 Å². The standard InChI is InChI=1S/C14H18N4O2S/c1-14(2,3)20-13(19)15-9-11-16-17-12(21)18(11)10-7-5-4-6-8-10/h4-8H,9H2,1-3H3,(H,15,19)(H,17,21). The predicted octanol–water partition coefficient (Wildman–Crippen LogP) is 2.95. The van der Waals surface area contributed by atoms with Gasteiger partial charge in [-0.15, -0.1) is 0 Å². The predicted molar refractivity (Wildman–Crippen MR) is 81.8 cm³/mol. The summed E-state index contributed by atoms with van der Waals surface area (Å²) >= 11 is 5.22. The number of alkyl carbamates (subject to hydrolysis) is 1. The van der Waals surface area contributed by atoms with Gasteiger partial charge in [0.2, 0.25) is 0 Å². The van der Waals surface area contributed by atoms with Gasteiger partial charge in [0.05, 0.1) is 6.54 Å². The van der Waals surface area contributed by atoms with Crippen LogP contribution in [0.15, 0.2) is 30.3 Å². The van der Waals surface area contributed by atoms with Gasteiger partial charge in [-0.1, -0.05) is 18.2 Å². The fourth-order valence-corrected chi connectivity index (χ4v) is 2.01. The Hall–Kier alpha value is -2.15. The number of para-hydroxylation sites is 1. The topological polar surface area (TPSA) is 71.9 Å². The molecule has 0 saturated carbocycles. The third-order valence-electron chi connectivity index (χ3n) is 2.55. The number of aromatic amines is 1. The number of amides is 1. The Morgan fingerprint density at radius 2 is 2.05 bits per heavy atom. The number of nitrogens with one attached hydrogen (secondary N) is 2. The molecule has 7 heteroatoms. The van der Waals surface area contributed by atoms with Crippen LogP contribution in [-0.4, -0.2) is 26.5 Å². The van der Waals surface area contributed by atoms with Crippen LogP contribution in [0.4, 0.5) is 4.79 Å². The van der Waals surface area contributed by atoms with E-state index in [1.165, 1.54) is 0 Å². The number of aromatic nitrogens is 3. The molecule has 1 aromatic heterocycles. The van der Waals surface area contributed by atoms with E-state index in [1.54, 1.807) is 4.57 Å². The van der Waals surface area contributed by atoms with Crippen molar-refractivity contribution in [3.05, 3.63) is 40.9 Å². The van der Waals surface area contributed by atoms with Crippen LogP contribution in [0.2, 0.25) is 0 Å². The van der Waals surface area contributed by atoms with E-state index in [1.807, 2.05) is 51.1 Å². The Labute approximate surface area is 128 Å². The van der Waals surface area contributed by atoms with E-state index in [-0.39, 0.29) is 6.54 Å². The number of ether oxygens (including phenoxy) is 1. The molecule has 112 valence electrons. The SMILES string of the molecule is CC(C)(C)OC(=O)NCc1n[nH]c(=S)n1-c1ccccc1. The number of rotatable bonds is 3. The maximum Gasteiger partial charge on any atom is 0.408 e. The highest BCUT2D eigenvalue weighted by Crippen LogP contribution is 2.11. The molecule has 2 N–H and O–H groups in total. The molecule has 6 nitrogen and oxygen atoms in total. The van der Waals surface area contributed by atoms with Crippen LogP contribution < -0.4 is 5.32 Å². The molecule has 0 atom stereocenters. The lowest BCUT2D eigenvalue weighted by atomic mass is 10.2. The summed E-state index contributed by atoms with van der Waals surface area (Å²) in [5, 5.41) is 9.54. The molecule has 0 radical (unpaired) electrons. The van der Waals surface area contributed by atoms with Crippen LogP contribution in [0.3, 0.4) is 0 Å². The third kappa shape index (κ3) is 4.16. The first-order valence-electron chi connectivity index (χ1n) is 6.55. The highest BCUT2D eigenvalue weighted by atomic mass is 32.1. The summed E-state index contributed by atoms with van der Waals surface area (Å²) in [7, 11) is 0. The van der Waals surface area contributed by atoms with Gasteiger partial charge in [-0.2, -0.15) is 5.10 Å². The van der Waals surface area contributed by atoms with Crippen LogP contribution >= 0.6 is 12.2 Å². The third-order valence-corrected chi connectivity index (χ3v) is 2.82. The first kappa shape index (κ1) is 15.2. The van der Waals surface area contributed by atoms with Crippen molar-refractivity contribution in [2.75, 3.05) is 0 Å². The van der Waals surface area contributed by atoms with Gasteiger partial charge in [-0.05, 0) is 45.1 Å². The van der Waals surface area contributed by atoms with Crippen molar-refractivity contribution in [1.29, 1.82) is 0 Å². The number of H-pyrrole nitrogens is 1. The van der Waals surface area contributed by atoms with Gasteiger partial charge in [0.1, 0.15) is 5.60 Å². The quantitative estimate of drug-likeness (QED) is 0.855. The molecule has 0 spiro atoms. The van der Waals surface area contributed by atoms with Crippen molar-refractivity contribution in [2.45, 2.75) is 32.9 Å². The zero-order valence-electron chi connectivity index (χ0n) is 12.2. The van der Waals surface area contributed by atoms with Crippen molar-refractivity contribution < 1.29 is 9.53 Å². The van der Waals surface area contributed by atoms with E-state index >= 15 is 0 Å². The second-order valence-electron chi connectivity index (χ2n) is 5.47. The summed E-state index contributed by atoms with van der Waals surface area (Å²) in [6.45, 7) is 5.66. The highest BCUT2D eigenvalue weighted by molar-refractivity contribution is 7.71. The van der Waals surface area contributed by atoms with Gasteiger partial charge in [-0.3, -0.25) is 9.67 Å². The zero-order chi connectivity index (χ0) is 15.5. The Morgan fingerprint density at radius 1 is 1.38 bits per heavy atom. The molecule has 0 saturated heterocycles. The Bertz CT molecular complexity index is 670. The molecule has 1 heterocycles. The molecular formula is C14H18N4O2S. The Morgan fingerprint density at radius 3 is 2.67 bits per heavy atom. The lowest BCUT2D eigenvalue weighted by molar-refractivity contribution is 0.0522. The van der Waals surface area contributed by atoms with E-state index in [9.17, 15) is 4.79 Å². The van der Waals surface area contributed by atoms with E-state index in [4.69, 9.17) is 17.0 Å². The molecule has 0 aliphatic heterocycles. The van der Waals surface area contributed by atoms with Crippen molar-refractivity contribution >= 4 is 18.3 Å². The average Bonchev–Trinajstić information content (AvgIpc) is 2.76. The van der Waals surface area contributed by atoms with Crippen LogP contribution in [0, 0.1) is 4.77 Å². The molecule has 2 aromatic rings. The van der Waals surface area contributed by atoms with E-state index in [2.05, 4.69) is 15.5 Å². The Kier molecular flexibility index (Phi) is 4.42. The fraction of sp³-hybridized carbons (Fsp3) is 0.357. The number of carbonyl (C=O) groups is 1. The molecule has 2 rings (SSSR count). The van der Waals surface area contributed by atoms with Crippen LogP contribution in [0.5, 0.6) is 0 Å². The molecular weight excluding hydrogens is 288 g/mol. The van der Waals surface area contributed by atoms with Gasteiger partial charge < -0.3 is 10.1 Å². The summed E-state index contributed by atoms with van der Waals surface area (Å²) in [6, 6.07) is 9.58. The van der Waals surface area contributed by atoms with Crippen LogP contribution in [0.1, 0.15) is 26.6 Å². The molecule has 0 aliphatic carbocycles. The Balaban J connectivity index is 2.12. The van der Waals surface area contributed by atoms with Crippen LogP contribution in [0.25, 0.3) is 5.69 Å². The first-order valence-corrected chi connectivity index (χ1v) is 6.96. The smallest absolute Gasteiger partial charge is 0.408 e. The van der Waals surface area contributed by atoms with E-state index in [0.717, 1.165) is 5.69 Å². The lowest BCUT2D eigenvalue weighted by Crippen LogP contribution is -2.32. The van der Waals surface area contributed by atoms with Gasteiger partial charge in [0.25, 0.3) is 0 Å². The summed E-state index contributed by atoms with van der Waals surface area (Å²) in [6.07, 6.45) is -0.490. The number of carbonyl (C=O) groups excluding carboxylic acids is 1. The normalized spacial score (nSPS) is 11.2. The molecule has 0 fully saturated rings. The van der Waals surface area contributed by atoms with Crippen molar-refractivity contribution in [1.82, 2.24) is 20.1 Å². The molecule has 1 amide bonds. The molecule has 0 bridgehead atoms. The van der Waals surface area contributed by atoms with Gasteiger partial charge in [-0.25, -0.2) is 4.79 Å². The minimum atomic E-state index is -0.533. The second kappa shape index (κ2) is 6.09. The number of hydrogen-bond donors (Lipinski definition) is 2. The number of nitrogens with zero attached hydrogens (tertiary/aromatic N) is 2. The molecule has 0 unspecified atom stereocenters. The van der Waals surface area contributed by atoms with Crippen molar-refractivity contribution in [3.8, 4) is 5.69 Å². The molecule has 0 aliphatic rings. The molecule has 1 aromatic carbocycles. The van der Waals surface area contributed by atoms with E-state index in [0.29, 0.717) is 10.6 Å². The highest BCUT2D eigenvalue weighted by Gasteiger charge is 2.17. The summed E-state index contributed by atoms with van der Waals surface area (Å²) in [4.78, 5) is 11.7. The zero-order valence-corrected chi connectivity index (χ0v) is 13.0. The van der Waals surface area contributed by atoms with E-state index < -0.39 is 11.7 Å². The summed E-state index contributed by atoms with van der Waals surface area (Å²) in [5.41, 5.74) is 0.353. The number of benzene rings is 1. The summed E-state index contributed by atoms with van der Waals surface area (Å²) < 4.78 is 7.43. The lowest BCUT2D eigenvalue weighted by Gasteiger charge is -2.19. The molecule has 21 heavy (non-hydrogen) atoms. The fourth-order valence-electron chi connectivity index (χ4n) is 1.76.